The Bertz CT molecular complexity index is 409. The van der Waals surface area contributed by atoms with Crippen LogP contribution in [0.25, 0.3) is 0 Å². The van der Waals surface area contributed by atoms with E-state index in [0.717, 1.165) is 17.9 Å². The van der Waals surface area contributed by atoms with Gasteiger partial charge in [-0.3, -0.25) is 9.63 Å². The zero-order valence-electron chi connectivity index (χ0n) is 15.5. The molecule has 1 fully saturated rings. The van der Waals surface area contributed by atoms with Crippen molar-refractivity contribution >= 4 is 12.0 Å². The minimum absolute atomic E-state index is 0.259. The van der Waals surface area contributed by atoms with Gasteiger partial charge in [0.1, 0.15) is 11.6 Å². The number of ether oxygens (including phenoxy) is 1. The molecule has 4 atom stereocenters. The predicted octanol–water partition coefficient (Wildman–Crippen LogP) is 2.97. The second-order valence-electron chi connectivity index (χ2n) is 7.74. The molecule has 23 heavy (non-hydrogen) atoms. The van der Waals surface area contributed by atoms with Crippen LogP contribution in [0.5, 0.6) is 0 Å². The lowest BCUT2D eigenvalue weighted by atomic mass is 9.96. The van der Waals surface area contributed by atoms with Gasteiger partial charge in [0.15, 0.2) is 0 Å². The number of hydrogen-bond donors (Lipinski definition) is 1. The number of alkyl carbamates (subject to hydrolysis) is 1. The Hall–Kier alpha value is -1.30. The van der Waals surface area contributed by atoms with E-state index in [9.17, 15) is 9.59 Å². The highest BCUT2D eigenvalue weighted by atomic mass is 16.7. The van der Waals surface area contributed by atoms with Crippen molar-refractivity contribution in [2.45, 2.75) is 65.5 Å². The van der Waals surface area contributed by atoms with Crippen LogP contribution in [0, 0.1) is 17.8 Å². The highest BCUT2D eigenvalue weighted by molar-refractivity contribution is 5.84. The Morgan fingerprint density at radius 3 is 2.17 bits per heavy atom. The van der Waals surface area contributed by atoms with E-state index < -0.39 is 17.7 Å². The maximum absolute atomic E-state index is 12.5. The molecule has 2 amide bonds. The number of rotatable bonds is 5. The van der Waals surface area contributed by atoms with Crippen LogP contribution in [0.15, 0.2) is 0 Å². The van der Waals surface area contributed by atoms with Crippen molar-refractivity contribution in [2.24, 2.45) is 17.8 Å². The predicted molar refractivity (Wildman–Crippen MR) is 88.6 cm³/mol. The van der Waals surface area contributed by atoms with Gasteiger partial charge in [-0.2, -0.15) is 0 Å². The maximum atomic E-state index is 12.5. The van der Waals surface area contributed by atoms with Crippen molar-refractivity contribution < 1.29 is 19.2 Å². The van der Waals surface area contributed by atoms with Crippen molar-refractivity contribution in [1.82, 2.24) is 10.4 Å². The van der Waals surface area contributed by atoms with Crippen LogP contribution in [-0.2, 0) is 14.4 Å². The third-order valence-electron chi connectivity index (χ3n) is 4.52. The standard InChI is InChI=1S/C17H32N2O4/c1-11-8-13(9-12(11)2)10-14(15(20)19(6)22-7)18-16(21)23-17(3,4)5/h11-14H,8-10H2,1-7H3,(H,18,21)/t11-,12+,13+,14-/m0/s1. The van der Waals surface area contributed by atoms with E-state index >= 15 is 0 Å². The molecule has 0 aliphatic heterocycles. The SMILES string of the molecule is CON(C)C(=O)[C@H](C[C@H]1C[C@@H](C)[C@@H](C)C1)NC(=O)OC(C)(C)C. The van der Waals surface area contributed by atoms with E-state index in [1.165, 1.54) is 7.11 Å². The number of nitrogens with zero attached hydrogens (tertiary/aromatic N) is 1. The van der Waals surface area contributed by atoms with Crippen LogP contribution in [0.1, 0.15) is 53.9 Å². The molecule has 1 rings (SSSR count). The van der Waals surface area contributed by atoms with Crippen LogP contribution in [0.3, 0.4) is 0 Å². The Morgan fingerprint density at radius 1 is 1.22 bits per heavy atom. The Kier molecular flexibility index (Phi) is 6.86. The molecule has 0 saturated heterocycles. The maximum Gasteiger partial charge on any atom is 0.408 e. The first kappa shape index (κ1) is 19.7. The van der Waals surface area contributed by atoms with Crippen LogP contribution < -0.4 is 5.32 Å². The quantitative estimate of drug-likeness (QED) is 0.788. The molecule has 0 unspecified atom stereocenters. The Balaban J connectivity index is 2.73. The molecule has 0 spiro atoms. The van der Waals surface area contributed by atoms with Crippen LogP contribution >= 0.6 is 0 Å². The van der Waals surface area contributed by atoms with Gasteiger partial charge in [-0.15, -0.1) is 0 Å². The molecular formula is C17H32N2O4. The van der Waals surface area contributed by atoms with Gasteiger partial charge < -0.3 is 10.1 Å². The normalized spacial score (nSPS) is 25.8. The number of likely N-dealkylation sites (N-methyl/N-ethyl adjacent to an activating group) is 1. The summed E-state index contributed by atoms with van der Waals surface area (Å²) in [6.45, 7) is 9.87. The summed E-state index contributed by atoms with van der Waals surface area (Å²) in [7, 11) is 2.98. The fraction of sp³-hybridized carbons (Fsp3) is 0.882. The van der Waals surface area contributed by atoms with Crippen LogP contribution in [0.4, 0.5) is 4.79 Å². The van der Waals surface area contributed by atoms with E-state index in [2.05, 4.69) is 19.2 Å². The first-order valence-electron chi connectivity index (χ1n) is 8.34. The van der Waals surface area contributed by atoms with E-state index in [-0.39, 0.29) is 5.91 Å². The molecule has 0 aromatic rings. The minimum atomic E-state index is -0.628. The van der Waals surface area contributed by atoms with Gasteiger partial charge >= 0.3 is 6.09 Å². The molecule has 6 heteroatoms. The van der Waals surface area contributed by atoms with E-state index in [1.807, 2.05) is 0 Å². The first-order chi connectivity index (χ1) is 10.5. The molecule has 1 N–H and O–H groups in total. The number of hydrogen-bond acceptors (Lipinski definition) is 4. The highest BCUT2D eigenvalue weighted by Crippen LogP contribution is 2.38. The Labute approximate surface area is 139 Å². The van der Waals surface area contributed by atoms with Crippen molar-refractivity contribution in [1.29, 1.82) is 0 Å². The molecule has 0 heterocycles. The van der Waals surface area contributed by atoms with Crippen LogP contribution in [0.2, 0.25) is 0 Å². The topological polar surface area (TPSA) is 67.9 Å². The second kappa shape index (κ2) is 7.99. The smallest absolute Gasteiger partial charge is 0.408 e. The summed E-state index contributed by atoms with van der Waals surface area (Å²) in [4.78, 5) is 29.5. The second-order valence-corrected chi connectivity index (χ2v) is 7.74. The Morgan fingerprint density at radius 2 is 1.74 bits per heavy atom. The summed E-state index contributed by atoms with van der Waals surface area (Å²) in [6, 6.07) is -0.628. The molecule has 134 valence electrons. The average molecular weight is 328 g/mol. The van der Waals surface area contributed by atoms with Gasteiger partial charge in [0.25, 0.3) is 5.91 Å². The summed E-state index contributed by atoms with van der Waals surface area (Å²) < 4.78 is 5.28. The van der Waals surface area contributed by atoms with Crippen molar-refractivity contribution in [3.63, 3.8) is 0 Å². The first-order valence-corrected chi connectivity index (χ1v) is 8.34. The van der Waals surface area contributed by atoms with Crippen molar-refractivity contribution in [3.05, 3.63) is 0 Å². The van der Waals surface area contributed by atoms with E-state index in [0.29, 0.717) is 24.2 Å². The van der Waals surface area contributed by atoms with Gasteiger partial charge in [0.05, 0.1) is 7.11 Å². The molecule has 0 aromatic heterocycles. The van der Waals surface area contributed by atoms with E-state index in [1.54, 1.807) is 27.8 Å². The molecule has 1 saturated carbocycles. The lowest BCUT2D eigenvalue weighted by molar-refractivity contribution is -0.171. The number of amides is 2. The van der Waals surface area contributed by atoms with Gasteiger partial charge in [0.2, 0.25) is 0 Å². The van der Waals surface area contributed by atoms with Gasteiger partial charge in [-0.05, 0) is 57.8 Å². The third-order valence-corrected chi connectivity index (χ3v) is 4.52. The van der Waals surface area contributed by atoms with Gasteiger partial charge in [-0.1, -0.05) is 13.8 Å². The molecule has 0 aromatic carbocycles. The van der Waals surface area contributed by atoms with Crippen LogP contribution in [-0.4, -0.2) is 42.9 Å². The summed E-state index contributed by atoms with van der Waals surface area (Å²) >= 11 is 0. The number of nitrogens with one attached hydrogen (secondary N) is 1. The number of hydroxylamine groups is 2. The molecular weight excluding hydrogens is 296 g/mol. The van der Waals surface area contributed by atoms with Crippen molar-refractivity contribution in [3.8, 4) is 0 Å². The molecule has 1 aliphatic rings. The van der Waals surface area contributed by atoms with E-state index in [4.69, 9.17) is 9.57 Å². The third kappa shape index (κ3) is 6.37. The molecule has 0 radical (unpaired) electrons. The minimum Gasteiger partial charge on any atom is -0.444 e. The molecule has 0 bridgehead atoms. The highest BCUT2D eigenvalue weighted by Gasteiger charge is 2.34. The molecule has 6 nitrogen and oxygen atoms in total. The van der Waals surface area contributed by atoms with Gasteiger partial charge in [-0.25, -0.2) is 9.86 Å². The summed E-state index contributed by atoms with van der Waals surface area (Å²) in [5.41, 5.74) is -0.596. The zero-order valence-corrected chi connectivity index (χ0v) is 15.5. The fourth-order valence-corrected chi connectivity index (χ4v) is 3.12. The lowest BCUT2D eigenvalue weighted by Crippen LogP contribution is -2.49. The van der Waals surface area contributed by atoms with Gasteiger partial charge in [0, 0.05) is 7.05 Å². The lowest BCUT2D eigenvalue weighted by Gasteiger charge is -2.27. The number of carbonyl (C=O) groups excluding carboxylic acids is 2. The summed E-state index contributed by atoms with van der Waals surface area (Å²) in [6.07, 6.45) is 2.20. The number of carbonyl (C=O) groups is 2. The summed E-state index contributed by atoms with van der Waals surface area (Å²) in [5, 5.41) is 3.87. The fourth-order valence-electron chi connectivity index (χ4n) is 3.12. The largest absolute Gasteiger partial charge is 0.444 e. The zero-order chi connectivity index (χ0) is 17.8. The molecule has 1 aliphatic carbocycles. The summed E-state index contributed by atoms with van der Waals surface area (Å²) in [5.74, 6) is 1.47. The van der Waals surface area contributed by atoms with Crippen molar-refractivity contribution in [2.75, 3.05) is 14.2 Å². The average Bonchev–Trinajstić information content (AvgIpc) is 2.72. The monoisotopic (exact) mass is 328 g/mol.